The van der Waals surface area contributed by atoms with Crippen LogP contribution in [-0.4, -0.2) is 5.11 Å². The molecule has 82 valence electrons. The Kier molecular flexibility index (Phi) is 3.32. The second-order valence-electron chi connectivity index (χ2n) is 3.50. The molecule has 0 aliphatic rings. The highest BCUT2D eigenvalue weighted by Crippen LogP contribution is 2.22. The Morgan fingerprint density at radius 3 is 2.38 bits per heavy atom. The molecular weight excluding hydrogens is 222 g/mol. The minimum atomic E-state index is 0.261. The van der Waals surface area contributed by atoms with Gasteiger partial charge >= 0.3 is 0 Å². The molecule has 2 aromatic rings. The maximum Gasteiger partial charge on any atom is 0.138 e. The molecule has 0 aliphatic heterocycles. The van der Waals surface area contributed by atoms with Crippen molar-refractivity contribution >= 4 is 17.3 Å². The number of hydrogen-bond acceptors (Lipinski definition) is 2. The van der Waals surface area contributed by atoms with Gasteiger partial charge < -0.3 is 10.4 Å². The van der Waals surface area contributed by atoms with Crippen LogP contribution in [0.15, 0.2) is 48.5 Å². The van der Waals surface area contributed by atoms with Gasteiger partial charge in [0.15, 0.2) is 0 Å². The van der Waals surface area contributed by atoms with Crippen LogP contribution in [0.2, 0.25) is 5.02 Å². The Balaban J connectivity index is 2.02. The number of para-hydroxylation sites is 2. The number of benzene rings is 2. The summed E-state index contributed by atoms with van der Waals surface area (Å²) < 4.78 is 0. The molecule has 3 heteroatoms. The minimum Gasteiger partial charge on any atom is -0.506 e. The van der Waals surface area contributed by atoms with Crippen LogP contribution in [0.4, 0.5) is 5.69 Å². The minimum absolute atomic E-state index is 0.261. The summed E-state index contributed by atoms with van der Waals surface area (Å²) >= 11 is 5.79. The highest BCUT2D eigenvalue weighted by molar-refractivity contribution is 6.30. The quantitative estimate of drug-likeness (QED) is 0.793. The van der Waals surface area contributed by atoms with Crippen molar-refractivity contribution in [2.24, 2.45) is 0 Å². The Hall–Kier alpha value is -1.67. The first-order valence-corrected chi connectivity index (χ1v) is 5.40. The van der Waals surface area contributed by atoms with E-state index in [0.717, 1.165) is 16.3 Å². The molecule has 0 aromatic heterocycles. The van der Waals surface area contributed by atoms with Crippen LogP contribution in [0.5, 0.6) is 5.75 Å². The van der Waals surface area contributed by atoms with Crippen LogP contribution in [0, 0.1) is 0 Å². The van der Waals surface area contributed by atoms with Crippen molar-refractivity contribution in [3.05, 3.63) is 59.1 Å². The van der Waals surface area contributed by atoms with Crippen LogP contribution >= 0.6 is 11.6 Å². The number of rotatable bonds is 3. The lowest BCUT2D eigenvalue weighted by Crippen LogP contribution is -1.98. The van der Waals surface area contributed by atoms with Gasteiger partial charge in [0, 0.05) is 11.6 Å². The van der Waals surface area contributed by atoms with Gasteiger partial charge in [0.1, 0.15) is 5.75 Å². The number of halogens is 1. The Morgan fingerprint density at radius 1 is 1.00 bits per heavy atom. The first-order chi connectivity index (χ1) is 7.75. The van der Waals surface area contributed by atoms with Crippen LogP contribution in [-0.2, 0) is 6.54 Å². The third-order valence-corrected chi connectivity index (χ3v) is 2.55. The van der Waals surface area contributed by atoms with E-state index in [1.165, 1.54) is 0 Å². The molecule has 0 bridgehead atoms. The first-order valence-electron chi connectivity index (χ1n) is 5.02. The second kappa shape index (κ2) is 4.90. The number of anilines is 1. The fraction of sp³-hybridized carbons (Fsp3) is 0.0769. The van der Waals surface area contributed by atoms with E-state index >= 15 is 0 Å². The standard InChI is InChI=1S/C13H12ClNO/c14-11-7-5-10(6-8-11)9-15-12-3-1-2-4-13(12)16/h1-8,15-16H,9H2. The van der Waals surface area contributed by atoms with E-state index in [1.807, 2.05) is 36.4 Å². The fourth-order valence-corrected chi connectivity index (χ4v) is 1.55. The van der Waals surface area contributed by atoms with Crippen molar-refractivity contribution < 1.29 is 5.11 Å². The van der Waals surface area contributed by atoms with Gasteiger partial charge in [0.05, 0.1) is 5.69 Å². The van der Waals surface area contributed by atoms with Gasteiger partial charge in [-0.15, -0.1) is 0 Å². The van der Waals surface area contributed by atoms with E-state index in [-0.39, 0.29) is 5.75 Å². The molecule has 0 unspecified atom stereocenters. The van der Waals surface area contributed by atoms with Gasteiger partial charge in [-0.2, -0.15) is 0 Å². The van der Waals surface area contributed by atoms with Gasteiger partial charge in [-0.25, -0.2) is 0 Å². The van der Waals surface area contributed by atoms with Crippen molar-refractivity contribution in [2.75, 3.05) is 5.32 Å². The molecule has 16 heavy (non-hydrogen) atoms. The van der Waals surface area contributed by atoms with E-state index < -0.39 is 0 Å². The van der Waals surface area contributed by atoms with Crippen LogP contribution in [0.1, 0.15) is 5.56 Å². The summed E-state index contributed by atoms with van der Waals surface area (Å²) in [6.07, 6.45) is 0. The highest BCUT2D eigenvalue weighted by Gasteiger charge is 1.98. The van der Waals surface area contributed by atoms with E-state index in [2.05, 4.69) is 5.32 Å². The molecule has 0 aliphatic carbocycles. The van der Waals surface area contributed by atoms with Gasteiger partial charge in [0.2, 0.25) is 0 Å². The highest BCUT2D eigenvalue weighted by atomic mass is 35.5. The number of phenolic OH excluding ortho intramolecular Hbond substituents is 1. The van der Waals surface area contributed by atoms with Crippen molar-refractivity contribution in [2.45, 2.75) is 6.54 Å². The van der Waals surface area contributed by atoms with Crippen molar-refractivity contribution in [3.8, 4) is 5.75 Å². The molecule has 0 fully saturated rings. The SMILES string of the molecule is Oc1ccccc1NCc1ccc(Cl)cc1. The molecule has 0 spiro atoms. The monoisotopic (exact) mass is 233 g/mol. The summed E-state index contributed by atoms with van der Waals surface area (Å²) in [6, 6.07) is 14.8. The van der Waals surface area contributed by atoms with E-state index in [1.54, 1.807) is 12.1 Å². The fourth-order valence-electron chi connectivity index (χ4n) is 1.42. The van der Waals surface area contributed by atoms with Crippen molar-refractivity contribution in [1.82, 2.24) is 0 Å². The van der Waals surface area contributed by atoms with Gasteiger partial charge in [-0.3, -0.25) is 0 Å². The van der Waals surface area contributed by atoms with E-state index in [0.29, 0.717) is 6.54 Å². The first kappa shape index (κ1) is 10.8. The third-order valence-electron chi connectivity index (χ3n) is 2.30. The smallest absolute Gasteiger partial charge is 0.138 e. The normalized spacial score (nSPS) is 10.1. The van der Waals surface area contributed by atoms with Crippen LogP contribution < -0.4 is 5.32 Å². The van der Waals surface area contributed by atoms with Gasteiger partial charge in [0.25, 0.3) is 0 Å². The summed E-state index contributed by atoms with van der Waals surface area (Å²) in [5.41, 5.74) is 1.85. The zero-order chi connectivity index (χ0) is 11.4. The molecule has 0 saturated carbocycles. The molecule has 2 rings (SSSR count). The van der Waals surface area contributed by atoms with Crippen LogP contribution in [0.3, 0.4) is 0 Å². The molecule has 2 aromatic carbocycles. The van der Waals surface area contributed by atoms with Crippen LogP contribution in [0.25, 0.3) is 0 Å². The summed E-state index contributed by atoms with van der Waals surface area (Å²) in [6.45, 7) is 0.661. The van der Waals surface area contributed by atoms with E-state index in [9.17, 15) is 5.11 Å². The average Bonchev–Trinajstić information content (AvgIpc) is 2.30. The van der Waals surface area contributed by atoms with Crippen molar-refractivity contribution in [3.63, 3.8) is 0 Å². The zero-order valence-electron chi connectivity index (χ0n) is 8.65. The maximum atomic E-state index is 9.55. The summed E-state index contributed by atoms with van der Waals surface area (Å²) in [4.78, 5) is 0. The third kappa shape index (κ3) is 2.67. The molecule has 0 heterocycles. The maximum absolute atomic E-state index is 9.55. The summed E-state index contributed by atoms with van der Waals surface area (Å²) in [5, 5.41) is 13.4. The Labute approximate surface area is 99.5 Å². The largest absolute Gasteiger partial charge is 0.506 e. The zero-order valence-corrected chi connectivity index (χ0v) is 9.41. The Bertz CT molecular complexity index is 468. The second-order valence-corrected chi connectivity index (χ2v) is 3.93. The van der Waals surface area contributed by atoms with E-state index in [4.69, 9.17) is 11.6 Å². The molecule has 0 amide bonds. The van der Waals surface area contributed by atoms with Gasteiger partial charge in [-0.05, 0) is 29.8 Å². The summed E-state index contributed by atoms with van der Waals surface area (Å²) in [5.74, 6) is 0.261. The summed E-state index contributed by atoms with van der Waals surface area (Å²) in [7, 11) is 0. The topological polar surface area (TPSA) is 32.3 Å². The predicted octanol–water partition coefficient (Wildman–Crippen LogP) is 3.66. The molecule has 0 atom stereocenters. The lowest BCUT2D eigenvalue weighted by atomic mass is 10.2. The molecule has 2 N–H and O–H groups in total. The lowest BCUT2D eigenvalue weighted by Gasteiger charge is -2.08. The number of nitrogens with one attached hydrogen (secondary N) is 1. The lowest BCUT2D eigenvalue weighted by molar-refractivity contribution is 0.477. The predicted molar refractivity (Wildman–Crippen MR) is 66.9 cm³/mol. The Morgan fingerprint density at radius 2 is 1.69 bits per heavy atom. The molecular formula is C13H12ClNO. The number of aromatic hydroxyl groups is 1. The molecule has 2 nitrogen and oxygen atoms in total. The number of phenols is 1. The molecule has 0 saturated heterocycles. The van der Waals surface area contributed by atoms with Gasteiger partial charge in [-0.1, -0.05) is 35.9 Å². The average molecular weight is 234 g/mol. The van der Waals surface area contributed by atoms with Crippen molar-refractivity contribution in [1.29, 1.82) is 0 Å². The molecule has 0 radical (unpaired) electrons. The number of hydrogen-bond donors (Lipinski definition) is 2.